The minimum Gasteiger partial charge on any atom is -0.463 e. The zero-order valence-electron chi connectivity index (χ0n) is 13.9. The van der Waals surface area contributed by atoms with Crippen molar-refractivity contribution in [3.8, 4) is 0 Å². The summed E-state index contributed by atoms with van der Waals surface area (Å²) in [6.07, 6.45) is 4.42. The average molecular weight is 301 g/mol. The van der Waals surface area contributed by atoms with Crippen molar-refractivity contribution in [3.05, 3.63) is 35.9 Å². The van der Waals surface area contributed by atoms with Crippen molar-refractivity contribution < 1.29 is 9.53 Å². The summed E-state index contributed by atoms with van der Waals surface area (Å²) in [5, 5.41) is 0. The summed E-state index contributed by atoms with van der Waals surface area (Å²) in [4.78, 5) is 15.0. The molecule has 1 aromatic rings. The molecule has 0 N–H and O–H groups in total. The van der Waals surface area contributed by atoms with E-state index in [0.29, 0.717) is 18.1 Å². The molecule has 0 spiro atoms. The maximum absolute atomic E-state index is 12.5. The maximum Gasteiger partial charge on any atom is 0.310 e. The Balaban J connectivity index is 1.79. The topological polar surface area (TPSA) is 29.5 Å². The summed E-state index contributed by atoms with van der Waals surface area (Å²) in [5.74, 6) is 0.0536. The van der Waals surface area contributed by atoms with E-state index in [-0.39, 0.29) is 18.0 Å². The number of esters is 1. The Morgan fingerprint density at radius 2 is 1.77 bits per heavy atom. The number of fused-ring (bicyclic) bond motifs is 2. The lowest BCUT2D eigenvalue weighted by atomic mass is 9.88. The van der Waals surface area contributed by atoms with Crippen LogP contribution >= 0.6 is 0 Å². The zero-order valence-corrected chi connectivity index (χ0v) is 13.9. The van der Waals surface area contributed by atoms with Gasteiger partial charge >= 0.3 is 5.97 Å². The molecule has 2 bridgehead atoms. The number of piperidine rings is 1. The average Bonchev–Trinajstić information content (AvgIpc) is 2.79. The van der Waals surface area contributed by atoms with Gasteiger partial charge in [-0.15, -0.1) is 0 Å². The SMILES string of the molecule is CC(C)OC(=O)C1CCC2CCC1N2[C@H](C)c1ccccc1. The Hall–Kier alpha value is -1.35. The van der Waals surface area contributed by atoms with Gasteiger partial charge in [0.25, 0.3) is 0 Å². The lowest BCUT2D eigenvalue weighted by Crippen LogP contribution is -2.48. The second kappa shape index (κ2) is 6.41. The molecule has 2 saturated heterocycles. The van der Waals surface area contributed by atoms with E-state index in [0.717, 1.165) is 19.3 Å². The first-order chi connectivity index (χ1) is 10.6. The van der Waals surface area contributed by atoms with Gasteiger partial charge in [-0.1, -0.05) is 30.3 Å². The second-order valence-electron chi connectivity index (χ2n) is 7.00. The van der Waals surface area contributed by atoms with Gasteiger partial charge in [0, 0.05) is 18.1 Å². The van der Waals surface area contributed by atoms with Crippen LogP contribution in [0.4, 0.5) is 0 Å². The molecule has 2 heterocycles. The van der Waals surface area contributed by atoms with Crippen LogP contribution in [-0.4, -0.2) is 29.1 Å². The number of benzene rings is 1. The quantitative estimate of drug-likeness (QED) is 0.789. The molecular formula is C19H27NO2. The number of rotatable bonds is 4. The van der Waals surface area contributed by atoms with Crippen LogP contribution in [0.5, 0.6) is 0 Å². The number of hydrogen-bond acceptors (Lipinski definition) is 3. The second-order valence-corrected chi connectivity index (χ2v) is 7.00. The van der Waals surface area contributed by atoms with E-state index in [2.05, 4.69) is 42.2 Å². The standard InChI is InChI=1S/C19H27NO2/c1-13(2)22-19(21)17-11-9-16-10-12-18(17)20(16)14(3)15-7-5-4-6-8-15/h4-8,13-14,16-18H,9-12H2,1-3H3/t14-,16?,17?,18?/m1/s1. The first-order valence-electron chi connectivity index (χ1n) is 8.60. The van der Waals surface area contributed by atoms with Gasteiger partial charge in [-0.3, -0.25) is 9.69 Å². The monoisotopic (exact) mass is 301 g/mol. The summed E-state index contributed by atoms with van der Waals surface area (Å²) in [6, 6.07) is 12.0. The number of carbonyl (C=O) groups is 1. The summed E-state index contributed by atoms with van der Waals surface area (Å²) >= 11 is 0. The molecule has 4 atom stereocenters. The van der Waals surface area contributed by atoms with Crippen LogP contribution in [0.15, 0.2) is 30.3 Å². The van der Waals surface area contributed by atoms with Gasteiger partial charge < -0.3 is 4.74 Å². The Morgan fingerprint density at radius 3 is 2.45 bits per heavy atom. The highest BCUT2D eigenvalue weighted by Gasteiger charge is 2.47. The fraction of sp³-hybridized carbons (Fsp3) is 0.632. The van der Waals surface area contributed by atoms with Crippen molar-refractivity contribution in [2.45, 2.75) is 70.7 Å². The molecule has 2 fully saturated rings. The Kier molecular flexibility index (Phi) is 4.53. The lowest BCUT2D eigenvalue weighted by Gasteiger charge is -2.43. The molecule has 120 valence electrons. The van der Waals surface area contributed by atoms with Crippen LogP contribution in [0.3, 0.4) is 0 Å². The first kappa shape index (κ1) is 15.5. The predicted molar refractivity (Wildman–Crippen MR) is 87.5 cm³/mol. The molecule has 22 heavy (non-hydrogen) atoms. The fourth-order valence-corrected chi connectivity index (χ4v) is 4.30. The van der Waals surface area contributed by atoms with E-state index < -0.39 is 0 Å². The maximum atomic E-state index is 12.5. The number of carbonyl (C=O) groups excluding carboxylic acids is 1. The smallest absolute Gasteiger partial charge is 0.310 e. The van der Waals surface area contributed by atoms with Crippen molar-refractivity contribution in [2.24, 2.45) is 5.92 Å². The molecule has 2 aliphatic heterocycles. The van der Waals surface area contributed by atoms with Crippen molar-refractivity contribution in [1.29, 1.82) is 0 Å². The van der Waals surface area contributed by atoms with Crippen molar-refractivity contribution in [3.63, 3.8) is 0 Å². The molecular weight excluding hydrogens is 274 g/mol. The van der Waals surface area contributed by atoms with E-state index in [1.54, 1.807) is 0 Å². The van der Waals surface area contributed by atoms with Crippen LogP contribution in [0, 0.1) is 5.92 Å². The predicted octanol–water partition coefficient (Wildman–Crippen LogP) is 3.94. The number of hydrogen-bond donors (Lipinski definition) is 0. The van der Waals surface area contributed by atoms with Crippen LogP contribution in [0.25, 0.3) is 0 Å². The molecule has 3 rings (SSSR count). The van der Waals surface area contributed by atoms with E-state index >= 15 is 0 Å². The van der Waals surface area contributed by atoms with Gasteiger partial charge in [0.1, 0.15) is 0 Å². The van der Waals surface area contributed by atoms with Crippen LogP contribution in [0.1, 0.15) is 58.1 Å². The first-order valence-corrected chi connectivity index (χ1v) is 8.60. The van der Waals surface area contributed by atoms with E-state index in [9.17, 15) is 4.79 Å². The van der Waals surface area contributed by atoms with Crippen molar-refractivity contribution in [1.82, 2.24) is 4.90 Å². The summed E-state index contributed by atoms with van der Waals surface area (Å²) in [5.41, 5.74) is 1.34. The number of nitrogens with zero attached hydrogens (tertiary/aromatic N) is 1. The number of ether oxygens (including phenoxy) is 1. The fourth-order valence-electron chi connectivity index (χ4n) is 4.30. The van der Waals surface area contributed by atoms with Crippen molar-refractivity contribution in [2.75, 3.05) is 0 Å². The lowest BCUT2D eigenvalue weighted by molar-refractivity contribution is -0.157. The van der Waals surface area contributed by atoms with Crippen LogP contribution < -0.4 is 0 Å². The van der Waals surface area contributed by atoms with E-state index in [4.69, 9.17) is 4.74 Å². The Labute approximate surface area is 133 Å². The molecule has 2 aliphatic rings. The minimum atomic E-state index is -0.0216. The molecule has 3 unspecified atom stereocenters. The van der Waals surface area contributed by atoms with Gasteiger partial charge in [0.15, 0.2) is 0 Å². The zero-order chi connectivity index (χ0) is 15.7. The Bertz CT molecular complexity index is 513. The van der Waals surface area contributed by atoms with Crippen LogP contribution in [0.2, 0.25) is 0 Å². The highest BCUT2D eigenvalue weighted by Crippen LogP contribution is 2.44. The third-order valence-corrected chi connectivity index (χ3v) is 5.26. The normalized spacial score (nSPS) is 29.5. The van der Waals surface area contributed by atoms with E-state index in [1.165, 1.54) is 12.0 Å². The molecule has 3 heteroatoms. The minimum absolute atomic E-state index is 0.00520. The highest BCUT2D eigenvalue weighted by molar-refractivity contribution is 5.73. The van der Waals surface area contributed by atoms with Gasteiger partial charge in [-0.25, -0.2) is 0 Å². The van der Waals surface area contributed by atoms with Gasteiger partial charge in [0.2, 0.25) is 0 Å². The molecule has 0 aliphatic carbocycles. The Morgan fingerprint density at radius 1 is 1.09 bits per heavy atom. The third-order valence-electron chi connectivity index (χ3n) is 5.26. The molecule has 0 saturated carbocycles. The largest absolute Gasteiger partial charge is 0.463 e. The molecule has 0 radical (unpaired) electrons. The molecule has 0 amide bonds. The molecule has 0 aromatic heterocycles. The third kappa shape index (κ3) is 2.91. The summed E-state index contributed by atoms with van der Waals surface area (Å²) in [6.45, 7) is 6.14. The molecule has 3 nitrogen and oxygen atoms in total. The summed E-state index contributed by atoms with van der Waals surface area (Å²) < 4.78 is 5.51. The van der Waals surface area contributed by atoms with Gasteiger partial charge in [0.05, 0.1) is 12.0 Å². The summed E-state index contributed by atoms with van der Waals surface area (Å²) in [7, 11) is 0. The van der Waals surface area contributed by atoms with E-state index in [1.807, 2.05) is 13.8 Å². The van der Waals surface area contributed by atoms with Gasteiger partial charge in [-0.2, -0.15) is 0 Å². The van der Waals surface area contributed by atoms with Gasteiger partial charge in [-0.05, 0) is 52.0 Å². The van der Waals surface area contributed by atoms with Crippen molar-refractivity contribution >= 4 is 5.97 Å². The molecule has 1 aromatic carbocycles. The highest BCUT2D eigenvalue weighted by atomic mass is 16.5. The van der Waals surface area contributed by atoms with Crippen LogP contribution in [-0.2, 0) is 9.53 Å².